The number of nitrogens with two attached hydrogens (primary N) is 1. The third-order valence-corrected chi connectivity index (χ3v) is 2.28. The van der Waals surface area contributed by atoms with Gasteiger partial charge in [-0.1, -0.05) is 0 Å². The highest BCUT2D eigenvalue weighted by atomic mass is 16.6. The van der Waals surface area contributed by atoms with Crippen molar-refractivity contribution in [1.29, 1.82) is 0 Å². The Kier molecular flexibility index (Phi) is 3.80. The molecule has 9 nitrogen and oxygen atoms in total. The number of rotatable bonds is 5. The highest BCUT2D eigenvalue weighted by Gasteiger charge is 2.28. The Bertz CT molecular complexity index is 594. The first-order valence-corrected chi connectivity index (χ1v) is 4.80. The third-order valence-electron chi connectivity index (χ3n) is 2.28. The van der Waals surface area contributed by atoms with Crippen LogP contribution in [0.5, 0.6) is 0 Å². The molecule has 0 radical (unpaired) electrons. The van der Waals surface area contributed by atoms with Gasteiger partial charge in [0.2, 0.25) is 5.91 Å². The number of nitro groups is 1. The fraction of sp³-hybridized carbons (Fsp3) is 0.100. The van der Waals surface area contributed by atoms with Crippen molar-refractivity contribution in [2.75, 3.05) is 0 Å². The van der Waals surface area contributed by atoms with E-state index in [1.165, 1.54) is 0 Å². The van der Waals surface area contributed by atoms with Crippen LogP contribution in [0.15, 0.2) is 12.1 Å². The standard InChI is InChI=1S/C10H8N2O7/c11-7(13)3-5-6(12(18)19)2-1-4(9(14)15)8(5)10(16)17/h1-2H,3H2,(H2,11,13)(H,14,15)(H,16,17). The molecule has 0 saturated carbocycles. The third kappa shape index (κ3) is 2.83. The van der Waals surface area contributed by atoms with Gasteiger partial charge in [-0.05, 0) is 6.07 Å². The Morgan fingerprint density at radius 2 is 1.79 bits per heavy atom. The van der Waals surface area contributed by atoms with E-state index in [-0.39, 0.29) is 0 Å². The number of benzene rings is 1. The van der Waals surface area contributed by atoms with Crippen LogP contribution in [0.25, 0.3) is 0 Å². The van der Waals surface area contributed by atoms with Crippen molar-refractivity contribution in [3.63, 3.8) is 0 Å². The second kappa shape index (κ2) is 5.12. The van der Waals surface area contributed by atoms with Gasteiger partial charge < -0.3 is 15.9 Å². The summed E-state index contributed by atoms with van der Waals surface area (Å²) >= 11 is 0. The molecule has 0 aliphatic carbocycles. The molecule has 0 aliphatic heterocycles. The van der Waals surface area contributed by atoms with E-state index >= 15 is 0 Å². The van der Waals surface area contributed by atoms with Crippen molar-refractivity contribution >= 4 is 23.5 Å². The van der Waals surface area contributed by atoms with Crippen molar-refractivity contribution in [3.8, 4) is 0 Å². The summed E-state index contributed by atoms with van der Waals surface area (Å²) in [4.78, 5) is 42.7. The highest BCUT2D eigenvalue weighted by Crippen LogP contribution is 2.26. The van der Waals surface area contributed by atoms with Crippen LogP contribution in [-0.4, -0.2) is 33.0 Å². The average molecular weight is 268 g/mol. The van der Waals surface area contributed by atoms with Crippen LogP contribution in [-0.2, 0) is 11.2 Å². The minimum Gasteiger partial charge on any atom is -0.478 e. The van der Waals surface area contributed by atoms with Crippen LogP contribution in [0.4, 0.5) is 5.69 Å². The molecule has 0 spiro atoms. The lowest BCUT2D eigenvalue weighted by Gasteiger charge is -2.08. The van der Waals surface area contributed by atoms with Crippen molar-refractivity contribution < 1.29 is 29.5 Å². The van der Waals surface area contributed by atoms with Crippen LogP contribution in [0.2, 0.25) is 0 Å². The highest BCUT2D eigenvalue weighted by molar-refractivity contribution is 6.04. The first kappa shape index (κ1) is 14.1. The molecule has 1 aromatic carbocycles. The minimum atomic E-state index is -1.68. The Labute approximate surface area is 105 Å². The van der Waals surface area contributed by atoms with Gasteiger partial charge in [-0.3, -0.25) is 14.9 Å². The fourth-order valence-electron chi connectivity index (χ4n) is 1.58. The number of nitro benzene ring substituents is 1. The molecule has 4 N–H and O–H groups in total. The molecule has 0 unspecified atom stereocenters. The molecule has 100 valence electrons. The summed E-state index contributed by atoms with van der Waals surface area (Å²) in [6.07, 6.45) is -0.737. The number of aromatic carboxylic acids is 2. The molecule has 19 heavy (non-hydrogen) atoms. The zero-order valence-corrected chi connectivity index (χ0v) is 9.32. The topological polar surface area (TPSA) is 161 Å². The number of carboxylic acids is 2. The molecular weight excluding hydrogens is 260 g/mol. The van der Waals surface area contributed by atoms with E-state index in [0.717, 1.165) is 12.1 Å². The minimum absolute atomic E-state index is 0.523. The quantitative estimate of drug-likeness (QED) is 0.500. The zero-order valence-electron chi connectivity index (χ0n) is 9.32. The van der Waals surface area contributed by atoms with Gasteiger partial charge >= 0.3 is 11.9 Å². The first-order chi connectivity index (χ1) is 8.75. The summed E-state index contributed by atoms with van der Waals surface area (Å²) in [6, 6.07) is 1.63. The average Bonchev–Trinajstić information content (AvgIpc) is 2.26. The van der Waals surface area contributed by atoms with Crippen molar-refractivity contribution in [2.45, 2.75) is 6.42 Å². The van der Waals surface area contributed by atoms with E-state index < -0.39 is 51.6 Å². The summed E-state index contributed by atoms with van der Waals surface area (Å²) in [7, 11) is 0. The Hall–Kier alpha value is -2.97. The SMILES string of the molecule is NC(=O)Cc1c([N+](=O)[O-])ccc(C(=O)O)c1C(=O)O. The molecule has 1 rings (SSSR count). The van der Waals surface area contributed by atoms with Gasteiger partial charge in [0, 0.05) is 6.07 Å². The predicted molar refractivity (Wildman–Crippen MR) is 59.9 cm³/mol. The van der Waals surface area contributed by atoms with Crippen molar-refractivity contribution in [1.82, 2.24) is 0 Å². The summed E-state index contributed by atoms with van der Waals surface area (Å²) in [5, 5.41) is 28.6. The van der Waals surface area contributed by atoms with Gasteiger partial charge in [-0.2, -0.15) is 0 Å². The van der Waals surface area contributed by atoms with Crippen molar-refractivity contribution in [2.24, 2.45) is 5.73 Å². The summed E-state index contributed by atoms with van der Waals surface area (Å²) < 4.78 is 0. The second-order valence-corrected chi connectivity index (χ2v) is 3.50. The number of carboxylic acid groups (broad SMARTS) is 2. The molecule has 9 heteroatoms. The molecule has 0 saturated heterocycles. The summed E-state index contributed by atoms with van der Waals surface area (Å²) in [5.41, 5.74) is 2.25. The van der Waals surface area contributed by atoms with E-state index in [1.807, 2.05) is 0 Å². The van der Waals surface area contributed by atoms with Gasteiger partial charge in [0.05, 0.1) is 28.0 Å². The lowest BCUT2D eigenvalue weighted by Crippen LogP contribution is -2.20. The van der Waals surface area contributed by atoms with Crippen LogP contribution in [0.1, 0.15) is 26.3 Å². The maximum atomic E-state index is 11.1. The number of carbonyl (C=O) groups excluding carboxylic acids is 1. The number of carbonyl (C=O) groups is 3. The van der Waals surface area contributed by atoms with E-state index in [2.05, 4.69) is 0 Å². The maximum absolute atomic E-state index is 11.1. The largest absolute Gasteiger partial charge is 0.478 e. The first-order valence-electron chi connectivity index (χ1n) is 4.80. The molecule has 1 amide bonds. The number of hydrogen-bond acceptors (Lipinski definition) is 5. The van der Waals surface area contributed by atoms with Gasteiger partial charge in [-0.25, -0.2) is 9.59 Å². The van der Waals surface area contributed by atoms with Gasteiger partial charge in [0.15, 0.2) is 0 Å². The monoisotopic (exact) mass is 268 g/mol. The Balaban J connectivity index is 3.70. The van der Waals surface area contributed by atoms with Gasteiger partial charge in [0.25, 0.3) is 5.69 Å². The molecular formula is C10H8N2O7. The van der Waals surface area contributed by atoms with Crippen LogP contribution >= 0.6 is 0 Å². The predicted octanol–water partition coefficient (Wildman–Crippen LogP) is 0.0190. The van der Waals surface area contributed by atoms with Crippen LogP contribution < -0.4 is 5.73 Å². The van der Waals surface area contributed by atoms with E-state index in [4.69, 9.17) is 15.9 Å². The van der Waals surface area contributed by atoms with Crippen LogP contribution in [0.3, 0.4) is 0 Å². The number of hydrogen-bond donors (Lipinski definition) is 3. The van der Waals surface area contributed by atoms with E-state index in [1.54, 1.807) is 0 Å². The molecule has 0 atom stereocenters. The van der Waals surface area contributed by atoms with Gasteiger partial charge in [0.1, 0.15) is 0 Å². The fourth-order valence-corrected chi connectivity index (χ4v) is 1.58. The second-order valence-electron chi connectivity index (χ2n) is 3.50. The number of nitrogens with zero attached hydrogens (tertiary/aromatic N) is 1. The molecule has 0 fully saturated rings. The number of amides is 1. The van der Waals surface area contributed by atoms with Gasteiger partial charge in [-0.15, -0.1) is 0 Å². The molecule has 0 aromatic heterocycles. The zero-order chi connectivity index (χ0) is 14.7. The smallest absolute Gasteiger partial charge is 0.337 e. The molecule has 0 aliphatic rings. The van der Waals surface area contributed by atoms with Crippen molar-refractivity contribution in [3.05, 3.63) is 38.9 Å². The lowest BCUT2D eigenvalue weighted by atomic mass is 9.96. The maximum Gasteiger partial charge on any atom is 0.337 e. The lowest BCUT2D eigenvalue weighted by molar-refractivity contribution is -0.385. The summed E-state index contributed by atoms with van der Waals surface area (Å²) in [5.74, 6) is -4.26. The van der Waals surface area contributed by atoms with Crippen LogP contribution in [0, 0.1) is 10.1 Å². The van der Waals surface area contributed by atoms with E-state index in [0.29, 0.717) is 0 Å². The molecule has 0 bridgehead atoms. The Morgan fingerprint density at radius 3 is 2.16 bits per heavy atom. The normalized spacial score (nSPS) is 9.89. The molecule has 1 aromatic rings. The van der Waals surface area contributed by atoms with E-state index in [9.17, 15) is 24.5 Å². The molecule has 0 heterocycles. The number of primary amides is 1. The summed E-state index contributed by atoms with van der Waals surface area (Å²) in [6.45, 7) is 0. The Morgan fingerprint density at radius 1 is 1.21 bits per heavy atom.